The summed E-state index contributed by atoms with van der Waals surface area (Å²) in [6.45, 7) is 3.34. The van der Waals surface area contributed by atoms with Crippen LogP contribution in [0.1, 0.15) is 18.1 Å². The number of thioether (sulfide) groups is 1. The summed E-state index contributed by atoms with van der Waals surface area (Å²) in [5.41, 5.74) is 2.35. The predicted octanol–water partition coefficient (Wildman–Crippen LogP) is 1.82. The molecule has 4 nitrogen and oxygen atoms in total. The number of aliphatic carboxylic acids is 1. The average molecular weight is 267 g/mol. The number of benzene rings is 1. The number of carbonyl (C=O) groups is 2. The summed E-state index contributed by atoms with van der Waals surface area (Å²) in [7, 11) is 0. The van der Waals surface area contributed by atoms with Crippen molar-refractivity contribution in [3.05, 3.63) is 35.4 Å². The van der Waals surface area contributed by atoms with Gasteiger partial charge in [-0.25, -0.2) is 4.79 Å². The van der Waals surface area contributed by atoms with Crippen molar-refractivity contribution < 1.29 is 14.7 Å². The van der Waals surface area contributed by atoms with E-state index in [0.29, 0.717) is 5.75 Å². The molecule has 1 unspecified atom stereocenters. The number of hydrogen-bond acceptors (Lipinski definition) is 3. The molecular weight excluding hydrogens is 250 g/mol. The molecule has 2 N–H and O–H groups in total. The van der Waals surface area contributed by atoms with Gasteiger partial charge in [-0.15, -0.1) is 0 Å². The van der Waals surface area contributed by atoms with Gasteiger partial charge in [-0.3, -0.25) is 4.79 Å². The van der Waals surface area contributed by atoms with Gasteiger partial charge in [0.05, 0.1) is 0 Å². The van der Waals surface area contributed by atoms with Crippen LogP contribution in [0.25, 0.3) is 0 Å². The molecule has 0 aromatic heterocycles. The molecule has 0 bridgehead atoms. The van der Waals surface area contributed by atoms with Gasteiger partial charge >= 0.3 is 5.97 Å². The molecule has 0 heterocycles. The minimum Gasteiger partial charge on any atom is -0.480 e. The molecule has 1 amide bonds. The predicted molar refractivity (Wildman–Crippen MR) is 72.6 cm³/mol. The third kappa shape index (κ3) is 5.23. The van der Waals surface area contributed by atoms with E-state index < -0.39 is 12.0 Å². The van der Waals surface area contributed by atoms with E-state index >= 15 is 0 Å². The van der Waals surface area contributed by atoms with Gasteiger partial charge in [-0.1, -0.05) is 29.8 Å². The highest BCUT2D eigenvalue weighted by Gasteiger charge is 2.17. The molecule has 0 aliphatic carbocycles. The lowest BCUT2D eigenvalue weighted by molar-refractivity contribution is -0.140. The van der Waals surface area contributed by atoms with Crippen LogP contribution in [0.3, 0.4) is 0 Å². The van der Waals surface area contributed by atoms with Gasteiger partial charge in [-0.2, -0.15) is 11.8 Å². The maximum Gasteiger partial charge on any atom is 0.327 e. The molecule has 0 saturated heterocycles. The molecule has 0 aliphatic rings. The fourth-order valence-corrected chi connectivity index (χ4v) is 2.41. The normalized spacial score (nSPS) is 11.9. The van der Waals surface area contributed by atoms with Gasteiger partial charge in [0.25, 0.3) is 0 Å². The van der Waals surface area contributed by atoms with Gasteiger partial charge < -0.3 is 10.4 Å². The molecule has 0 saturated carbocycles. The second kappa shape index (κ2) is 7.06. The summed E-state index contributed by atoms with van der Waals surface area (Å²) in [5, 5.41) is 11.3. The minimum atomic E-state index is -0.999. The van der Waals surface area contributed by atoms with E-state index in [2.05, 4.69) is 5.32 Å². The molecule has 0 aliphatic heterocycles. The van der Waals surface area contributed by atoms with E-state index in [9.17, 15) is 9.59 Å². The Balaban J connectivity index is 2.41. The lowest BCUT2D eigenvalue weighted by Crippen LogP contribution is -2.41. The SMILES string of the molecule is CC(=O)NC(CSCc1ccc(C)cc1)C(=O)O. The number of carboxylic acids is 1. The van der Waals surface area contributed by atoms with Crippen LogP contribution in [-0.4, -0.2) is 28.8 Å². The molecule has 0 spiro atoms. The summed E-state index contributed by atoms with van der Waals surface area (Å²) in [4.78, 5) is 21.7. The van der Waals surface area contributed by atoms with Crippen molar-refractivity contribution in [1.82, 2.24) is 5.32 Å². The number of carboxylic acid groups (broad SMARTS) is 1. The highest BCUT2D eigenvalue weighted by atomic mass is 32.2. The molecule has 18 heavy (non-hydrogen) atoms. The Bertz CT molecular complexity index is 417. The molecule has 0 radical (unpaired) electrons. The monoisotopic (exact) mass is 267 g/mol. The number of nitrogens with one attached hydrogen (secondary N) is 1. The lowest BCUT2D eigenvalue weighted by atomic mass is 10.2. The van der Waals surface area contributed by atoms with Crippen molar-refractivity contribution in [2.75, 3.05) is 5.75 Å². The number of rotatable bonds is 6. The van der Waals surface area contributed by atoms with Crippen LogP contribution in [0.15, 0.2) is 24.3 Å². The van der Waals surface area contributed by atoms with E-state index in [0.717, 1.165) is 11.3 Å². The van der Waals surface area contributed by atoms with Gasteiger partial charge in [0.1, 0.15) is 6.04 Å². The number of hydrogen-bond donors (Lipinski definition) is 2. The van der Waals surface area contributed by atoms with E-state index in [1.54, 1.807) is 0 Å². The van der Waals surface area contributed by atoms with Gasteiger partial charge in [-0.05, 0) is 12.5 Å². The van der Waals surface area contributed by atoms with Crippen LogP contribution in [0.4, 0.5) is 0 Å². The van der Waals surface area contributed by atoms with Crippen molar-refractivity contribution in [1.29, 1.82) is 0 Å². The van der Waals surface area contributed by atoms with E-state index in [4.69, 9.17) is 5.11 Å². The average Bonchev–Trinajstić information content (AvgIpc) is 2.29. The first-order valence-electron chi connectivity index (χ1n) is 5.62. The van der Waals surface area contributed by atoms with Crippen LogP contribution in [0.2, 0.25) is 0 Å². The largest absolute Gasteiger partial charge is 0.480 e. The van der Waals surface area contributed by atoms with E-state index in [-0.39, 0.29) is 5.91 Å². The lowest BCUT2D eigenvalue weighted by Gasteiger charge is -2.12. The molecular formula is C13H17NO3S. The first kappa shape index (κ1) is 14.6. The summed E-state index contributed by atoms with van der Waals surface area (Å²) >= 11 is 1.50. The Hall–Kier alpha value is -1.49. The summed E-state index contributed by atoms with van der Waals surface area (Å²) in [6, 6.07) is 7.28. The summed E-state index contributed by atoms with van der Waals surface area (Å²) in [6.07, 6.45) is 0. The topological polar surface area (TPSA) is 66.4 Å². The Morgan fingerprint density at radius 2 is 1.94 bits per heavy atom. The van der Waals surface area contributed by atoms with Crippen LogP contribution in [0.5, 0.6) is 0 Å². The van der Waals surface area contributed by atoms with Crippen LogP contribution in [0, 0.1) is 6.92 Å². The van der Waals surface area contributed by atoms with Crippen molar-refractivity contribution in [3.63, 3.8) is 0 Å². The van der Waals surface area contributed by atoms with Gasteiger partial charge in [0.2, 0.25) is 5.91 Å². The standard InChI is InChI=1S/C13H17NO3S/c1-9-3-5-11(6-4-9)7-18-8-12(13(16)17)14-10(2)15/h3-6,12H,7-8H2,1-2H3,(H,14,15)(H,16,17). The Labute approximate surface area is 111 Å². The zero-order valence-electron chi connectivity index (χ0n) is 10.5. The molecule has 1 atom stereocenters. The summed E-state index contributed by atoms with van der Waals surface area (Å²) in [5.74, 6) is -0.216. The minimum absolute atomic E-state index is 0.321. The van der Waals surface area contributed by atoms with Crippen LogP contribution >= 0.6 is 11.8 Å². The molecule has 1 rings (SSSR count). The Morgan fingerprint density at radius 3 is 2.44 bits per heavy atom. The zero-order valence-corrected chi connectivity index (χ0v) is 11.3. The second-order valence-electron chi connectivity index (χ2n) is 4.09. The molecule has 1 aromatic carbocycles. The zero-order chi connectivity index (χ0) is 13.5. The smallest absolute Gasteiger partial charge is 0.327 e. The third-order valence-corrected chi connectivity index (χ3v) is 3.46. The van der Waals surface area contributed by atoms with Crippen molar-refractivity contribution in [2.45, 2.75) is 25.6 Å². The molecule has 98 valence electrons. The Kier molecular flexibility index (Phi) is 5.71. The first-order chi connectivity index (χ1) is 8.49. The van der Waals surface area contributed by atoms with Gasteiger partial charge in [0.15, 0.2) is 0 Å². The van der Waals surface area contributed by atoms with Gasteiger partial charge in [0, 0.05) is 18.4 Å². The molecule has 0 fully saturated rings. The number of carbonyl (C=O) groups excluding carboxylic acids is 1. The molecule has 5 heteroatoms. The molecule has 1 aromatic rings. The fraction of sp³-hybridized carbons (Fsp3) is 0.385. The quantitative estimate of drug-likeness (QED) is 0.825. The fourth-order valence-electron chi connectivity index (χ4n) is 1.40. The number of aryl methyl sites for hydroxylation is 1. The number of amides is 1. The highest BCUT2D eigenvalue weighted by Crippen LogP contribution is 2.14. The maximum absolute atomic E-state index is 10.9. The van der Waals surface area contributed by atoms with Crippen LogP contribution in [-0.2, 0) is 15.3 Å². The van der Waals surface area contributed by atoms with Crippen molar-refractivity contribution in [2.24, 2.45) is 0 Å². The Morgan fingerprint density at radius 1 is 1.33 bits per heavy atom. The summed E-state index contributed by atoms with van der Waals surface area (Å²) < 4.78 is 0. The van der Waals surface area contributed by atoms with E-state index in [1.165, 1.54) is 24.2 Å². The first-order valence-corrected chi connectivity index (χ1v) is 6.77. The maximum atomic E-state index is 10.9. The van der Waals surface area contributed by atoms with Crippen molar-refractivity contribution in [3.8, 4) is 0 Å². The highest BCUT2D eigenvalue weighted by molar-refractivity contribution is 7.98. The van der Waals surface area contributed by atoms with E-state index in [1.807, 2.05) is 31.2 Å². The third-order valence-electron chi connectivity index (χ3n) is 2.35. The van der Waals surface area contributed by atoms with Crippen molar-refractivity contribution >= 4 is 23.6 Å². The second-order valence-corrected chi connectivity index (χ2v) is 5.12. The van der Waals surface area contributed by atoms with Crippen LogP contribution < -0.4 is 5.32 Å².